The van der Waals surface area contributed by atoms with Gasteiger partial charge in [0.15, 0.2) is 0 Å². The van der Waals surface area contributed by atoms with Crippen LogP contribution in [0.3, 0.4) is 0 Å². The maximum absolute atomic E-state index is 13.1. The fraction of sp³-hybridized carbons (Fsp3) is 0. The number of nitrogens with two attached hydrogens (primary N) is 1. The number of hydrogen-bond donors (Lipinski definition) is 1. The molecule has 1 aliphatic carbocycles. The Hall–Kier alpha value is -2.10. The van der Waals surface area contributed by atoms with Gasteiger partial charge in [0.1, 0.15) is 5.82 Å². The van der Waals surface area contributed by atoms with Gasteiger partial charge in [-0.3, -0.25) is 4.57 Å². The lowest BCUT2D eigenvalue weighted by atomic mass is 10.2. The van der Waals surface area contributed by atoms with Crippen molar-refractivity contribution in [3.63, 3.8) is 0 Å². The van der Waals surface area contributed by atoms with E-state index in [0.717, 1.165) is 5.70 Å². The SMILES string of the molecule is Nc1nc2ccc(F)cc2n1C1=CC=C1. The normalized spacial score (nSPS) is 14.1. The van der Waals surface area contributed by atoms with Crippen LogP contribution in [-0.2, 0) is 0 Å². The van der Waals surface area contributed by atoms with Crippen molar-refractivity contribution in [2.24, 2.45) is 0 Å². The summed E-state index contributed by atoms with van der Waals surface area (Å²) < 4.78 is 14.8. The number of benzene rings is 1. The lowest BCUT2D eigenvalue weighted by molar-refractivity contribution is 0.629. The fourth-order valence-electron chi connectivity index (χ4n) is 1.67. The quantitative estimate of drug-likeness (QED) is 0.768. The lowest BCUT2D eigenvalue weighted by Crippen LogP contribution is -2.03. The van der Waals surface area contributed by atoms with Crippen molar-refractivity contribution in [2.45, 2.75) is 0 Å². The maximum atomic E-state index is 13.1. The lowest BCUT2D eigenvalue weighted by Gasteiger charge is -2.10. The van der Waals surface area contributed by atoms with Crippen LogP contribution in [0.1, 0.15) is 0 Å². The molecule has 0 radical (unpaired) electrons. The van der Waals surface area contributed by atoms with E-state index in [0.29, 0.717) is 17.0 Å². The molecule has 4 heteroatoms. The third kappa shape index (κ3) is 1.08. The number of halogens is 1. The van der Waals surface area contributed by atoms with Crippen LogP contribution in [0.5, 0.6) is 0 Å². The minimum absolute atomic E-state index is 0.285. The van der Waals surface area contributed by atoms with Gasteiger partial charge in [0.25, 0.3) is 0 Å². The van der Waals surface area contributed by atoms with E-state index in [1.807, 2.05) is 18.2 Å². The predicted molar refractivity (Wildman–Crippen MR) is 57.5 cm³/mol. The first kappa shape index (κ1) is 8.23. The second-order valence-corrected chi connectivity index (χ2v) is 3.39. The Kier molecular flexibility index (Phi) is 1.48. The maximum Gasteiger partial charge on any atom is 0.205 e. The molecule has 0 atom stereocenters. The zero-order chi connectivity index (χ0) is 10.4. The highest BCUT2D eigenvalue weighted by molar-refractivity contribution is 5.86. The Labute approximate surface area is 85.3 Å². The third-order valence-corrected chi connectivity index (χ3v) is 2.43. The van der Waals surface area contributed by atoms with Gasteiger partial charge in [0.2, 0.25) is 5.95 Å². The van der Waals surface area contributed by atoms with Gasteiger partial charge in [-0.25, -0.2) is 9.37 Å². The highest BCUT2D eigenvalue weighted by Gasteiger charge is 2.12. The van der Waals surface area contributed by atoms with Crippen molar-refractivity contribution in [3.8, 4) is 0 Å². The Morgan fingerprint density at radius 2 is 2.13 bits per heavy atom. The van der Waals surface area contributed by atoms with Crippen LogP contribution in [0.15, 0.2) is 36.4 Å². The summed E-state index contributed by atoms with van der Waals surface area (Å²) in [6.07, 6.45) is 5.71. The van der Waals surface area contributed by atoms with Crippen molar-refractivity contribution in [1.82, 2.24) is 9.55 Å². The molecule has 0 unspecified atom stereocenters. The highest BCUT2D eigenvalue weighted by Crippen LogP contribution is 2.26. The molecule has 1 heterocycles. The van der Waals surface area contributed by atoms with Crippen LogP contribution in [-0.4, -0.2) is 9.55 Å². The van der Waals surface area contributed by atoms with E-state index < -0.39 is 0 Å². The topological polar surface area (TPSA) is 43.8 Å². The summed E-state index contributed by atoms with van der Waals surface area (Å²) >= 11 is 0. The number of allylic oxidation sites excluding steroid dienone is 4. The molecule has 1 aromatic carbocycles. The molecule has 15 heavy (non-hydrogen) atoms. The summed E-state index contributed by atoms with van der Waals surface area (Å²) in [7, 11) is 0. The van der Waals surface area contributed by atoms with Crippen LogP contribution in [0, 0.1) is 5.82 Å². The van der Waals surface area contributed by atoms with Crippen molar-refractivity contribution in [3.05, 3.63) is 42.2 Å². The monoisotopic (exact) mass is 201 g/mol. The molecule has 2 aromatic rings. The number of fused-ring (bicyclic) bond motifs is 1. The molecule has 0 amide bonds. The number of nitrogen functional groups attached to an aromatic ring is 1. The standard InChI is InChI=1S/C11H8FN3/c12-7-4-5-9-10(6-7)15(11(13)14-9)8-2-1-3-8/h1-6H,(H2,13,14). The van der Waals surface area contributed by atoms with Gasteiger partial charge in [0.05, 0.1) is 11.0 Å². The Balaban J connectivity index is 2.35. The van der Waals surface area contributed by atoms with E-state index in [4.69, 9.17) is 5.73 Å². The predicted octanol–water partition coefficient (Wildman–Crippen LogP) is 2.17. The molecule has 0 spiro atoms. The molecule has 2 N–H and O–H groups in total. The largest absolute Gasteiger partial charge is 0.369 e. The summed E-state index contributed by atoms with van der Waals surface area (Å²) in [4.78, 5) is 4.16. The van der Waals surface area contributed by atoms with E-state index >= 15 is 0 Å². The van der Waals surface area contributed by atoms with E-state index in [2.05, 4.69) is 4.98 Å². The van der Waals surface area contributed by atoms with E-state index in [1.54, 1.807) is 10.6 Å². The fourth-order valence-corrected chi connectivity index (χ4v) is 1.67. The number of rotatable bonds is 1. The summed E-state index contributed by atoms with van der Waals surface area (Å²) in [6.45, 7) is 0. The molecule has 0 fully saturated rings. The molecular formula is C11H8FN3. The molecule has 0 saturated heterocycles. The Morgan fingerprint density at radius 1 is 1.33 bits per heavy atom. The van der Waals surface area contributed by atoms with Gasteiger partial charge in [-0.1, -0.05) is 6.08 Å². The zero-order valence-corrected chi connectivity index (χ0v) is 7.81. The molecular weight excluding hydrogens is 193 g/mol. The smallest absolute Gasteiger partial charge is 0.205 e. The van der Waals surface area contributed by atoms with Crippen LogP contribution in [0.25, 0.3) is 16.7 Å². The summed E-state index contributed by atoms with van der Waals surface area (Å²) in [5.41, 5.74) is 8.10. The van der Waals surface area contributed by atoms with Gasteiger partial charge in [0, 0.05) is 11.8 Å². The van der Waals surface area contributed by atoms with Crippen LogP contribution in [0.4, 0.5) is 10.3 Å². The average molecular weight is 201 g/mol. The second-order valence-electron chi connectivity index (χ2n) is 3.39. The van der Waals surface area contributed by atoms with Gasteiger partial charge in [-0.2, -0.15) is 0 Å². The van der Waals surface area contributed by atoms with Gasteiger partial charge in [-0.15, -0.1) is 0 Å². The number of hydrogen-bond acceptors (Lipinski definition) is 2. The number of aromatic nitrogens is 2. The minimum Gasteiger partial charge on any atom is -0.369 e. The highest BCUT2D eigenvalue weighted by atomic mass is 19.1. The summed E-state index contributed by atoms with van der Waals surface area (Å²) in [6, 6.07) is 4.44. The first-order chi connectivity index (χ1) is 7.25. The molecule has 3 rings (SSSR count). The van der Waals surface area contributed by atoms with Gasteiger partial charge >= 0.3 is 0 Å². The van der Waals surface area contributed by atoms with E-state index in [-0.39, 0.29) is 5.82 Å². The number of nitrogens with zero attached hydrogens (tertiary/aromatic N) is 2. The molecule has 1 aromatic heterocycles. The molecule has 0 saturated carbocycles. The van der Waals surface area contributed by atoms with Crippen LogP contribution < -0.4 is 5.73 Å². The summed E-state index contributed by atoms with van der Waals surface area (Å²) in [5.74, 6) is 0.0961. The van der Waals surface area contributed by atoms with Crippen LogP contribution in [0.2, 0.25) is 0 Å². The van der Waals surface area contributed by atoms with Crippen molar-refractivity contribution in [2.75, 3.05) is 5.73 Å². The minimum atomic E-state index is -0.285. The molecule has 1 aliphatic rings. The number of anilines is 1. The molecule has 0 bridgehead atoms. The number of imidazole rings is 1. The Bertz CT molecular complexity index is 608. The van der Waals surface area contributed by atoms with Gasteiger partial charge in [-0.05, 0) is 24.3 Å². The van der Waals surface area contributed by atoms with Crippen molar-refractivity contribution in [1.29, 1.82) is 0 Å². The zero-order valence-electron chi connectivity index (χ0n) is 7.81. The summed E-state index contributed by atoms with van der Waals surface area (Å²) in [5, 5.41) is 0. The first-order valence-electron chi connectivity index (χ1n) is 4.58. The molecule has 74 valence electrons. The van der Waals surface area contributed by atoms with Crippen molar-refractivity contribution >= 4 is 22.7 Å². The molecule has 3 nitrogen and oxygen atoms in total. The van der Waals surface area contributed by atoms with Crippen molar-refractivity contribution < 1.29 is 4.39 Å². The second kappa shape index (κ2) is 2.70. The molecule has 0 aliphatic heterocycles. The third-order valence-electron chi connectivity index (χ3n) is 2.43. The van der Waals surface area contributed by atoms with E-state index in [1.165, 1.54) is 12.1 Å². The van der Waals surface area contributed by atoms with Gasteiger partial charge < -0.3 is 5.73 Å². The van der Waals surface area contributed by atoms with Crippen LogP contribution >= 0.6 is 0 Å². The van der Waals surface area contributed by atoms with E-state index in [9.17, 15) is 4.39 Å². The average Bonchev–Trinajstić information content (AvgIpc) is 2.42. The Morgan fingerprint density at radius 3 is 2.80 bits per heavy atom. The first-order valence-corrected chi connectivity index (χ1v) is 4.58.